The van der Waals surface area contributed by atoms with Gasteiger partial charge >= 0.3 is 30.9 Å². The second kappa shape index (κ2) is 14.3. The van der Waals surface area contributed by atoms with Gasteiger partial charge in [-0.2, -0.15) is 65.9 Å². The summed E-state index contributed by atoms with van der Waals surface area (Å²) in [6.07, 6.45) is -25.4. The molecule has 0 aliphatic heterocycles. The number of fused-ring (bicyclic) bond motifs is 6. The Morgan fingerprint density at radius 2 is 0.688 bits per heavy atom. The van der Waals surface area contributed by atoms with E-state index in [0.29, 0.717) is 60.2 Å². The SMILES string of the molecule is FC(F)(F)c1ccc2c(c1)c1cc(C(F)(F)F)ccc1n2-c1cc(-c2cccc(-c3ccccc3)n2)c(C(F)(F)F)cc1-n1c2ccc(C(F)(F)F)cc2c2cc(C(F)(F)F)ccc21. The molecule has 0 amide bonds. The third-order valence-electron chi connectivity index (χ3n) is 10.8. The largest absolute Gasteiger partial charge is 0.417 e. The molecule has 0 saturated carbocycles. The topological polar surface area (TPSA) is 22.8 Å². The lowest BCUT2D eigenvalue weighted by molar-refractivity contribution is -0.138. The summed E-state index contributed by atoms with van der Waals surface area (Å²) in [6, 6.07) is 21.9. The predicted molar refractivity (Wildman–Crippen MR) is 209 cm³/mol. The van der Waals surface area contributed by atoms with Gasteiger partial charge in [0.1, 0.15) is 0 Å². The minimum atomic E-state index is -5.26. The summed E-state index contributed by atoms with van der Waals surface area (Å²) in [4.78, 5) is 4.49. The van der Waals surface area contributed by atoms with E-state index in [1.54, 1.807) is 30.3 Å². The quantitative estimate of drug-likeness (QED) is 0.161. The normalized spacial score (nSPS) is 13.2. The van der Waals surface area contributed by atoms with Crippen LogP contribution in [0.4, 0.5) is 65.9 Å². The van der Waals surface area contributed by atoms with Crippen molar-refractivity contribution in [3.05, 3.63) is 161 Å². The Labute approximate surface area is 349 Å². The smallest absolute Gasteiger partial charge is 0.307 e. The Hall–Kier alpha value is -6.98. The number of nitrogens with zero attached hydrogens (tertiary/aromatic N) is 3. The third kappa shape index (κ3) is 7.23. The Bertz CT molecular complexity index is 3170. The molecule has 3 heterocycles. The predicted octanol–water partition coefficient (Wildman–Crippen LogP) is 15.7. The minimum absolute atomic E-state index is 0.205. The number of hydrogen-bond donors (Lipinski definition) is 0. The lowest BCUT2D eigenvalue weighted by Crippen LogP contribution is -2.13. The summed E-state index contributed by atoms with van der Waals surface area (Å²) in [5, 5.41) is -1.77. The van der Waals surface area contributed by atoms with Crippen molar-refractivity contribution in [3.63, 3.8) is 0 Å². The highest BCUT2D eigenvalue weighted by Crippen LogP contribution is 2.47. The van der Waals surface area contributed by atoms with Crippen molar-refractivity contribution in [1.29, 1.82) is 0 Å². The monoisotopic (exact) mass is 901 g/mol. The second-order valence-corrected chi connectivity index (χ2v) is 14.7. The first-order valence-electron chi connectivity index (χ1n) is 18.6. The molecular weight excluding hydrogens is 879 g/mol. The zero-order chi connectivity index (χ0) is 45.9. The van der Waals surface area contributed by atoms with E-state index in [1.165, 1.54) is 18.2 Å². The Kier molecular flexibility index (Phi) is 9.44. The van der Waals surface area contributed by atoms with E-state index in [4.69, 9.17) is 0 Å². The molecule has 64 heavy (non-hydrogen) atoms. The molecule has 0 spiro atoms. The van der Waals surface area contributed by atoms with Crippen LogP contribution in [0, 0.1) is 0 Å². The summed E-state index contributed by atoms with van der Waals surface area (Å²) < 4.78 is 219. The van der Waals surface area contributed by atoms with Crippen LogP contribution in [0.25, 0.3) is 77.5 Å². The fourth-order valence-electron chi connectivity index (χ4n) is 8.01. The standard InChI is InChI=1S/C46H22F15N3/c47-42(48,49)24-9-13-36-28(17-24)29-18-25(43(50,51)52)10-14-37(29)63(36)40-21-32(35-8-4-7-34(62-35)23-5-2-1-3-6-23)33(46(59,60)61)22-41(40)64-38-15-11-26(44(53,54)55)19-30(38)31-20-27(45(56,57)58)12-16-39(31)64/h1-22H. The van der Waals surface area contributed by atoms with Crippen molar-refractivity contribution in [2.75, 3.05) is 0 Å². The lowest BCUT2D eigenvalue weighted by atomic mass is 9.99. The molecule has 0 aliphatic carbocycles. The number of aromatic nitrogens is 3. The van der Waals surface area contributed by atoms with E-state index >= 15 is 13.2 Å². The van der Waals surface area contributed by atoms with Crippen LogP contribution < -0.4 is 0 Å². The highest BCUT2D eigenvalue weighted by atomic mass is 19.4. The lowest BCUT2D eigenvalue weighted by Gasteiger charge is -2.22. The summed E-state index contributed by atoms with van der Waals surface area (Å²) >= 11 is 0. The molecule has 6 aromatic carbocycles. The van der Waals surface area contributed by atoms with Crippen molar-refractivity contribution in [1.82, 2.24) is 14.1 Å². The van der Waals surface area contributed by atoms with Crippen LogP contribution in [-0.2, 0) is 30.9 Å². The summed E-state index contributed by atoms with van der Waals surface area (Å²) in [5.74, 6) is 0. The first-order chi connectivity index (χ1) is 29.9. The van der Waals surface area contributed by atoms with E-state index in [9.17, 15) is 52.7 Å². The van der Waals surface area contributed by atoms with Gasteiger partial charge < -0.3 is 9.13 Å². The molecule has 0 fully saturated rings. The van der Waals surface area contributed by atoms with Crippen LogP contribution in [-0.4, -0.2) is 14.1 Å². The maximum absolute atomic E-state index is 15.6. The zero-order valence-electron chi connectivity index (χ0n) is 31.7. The molecule has 0 bridgehead atoms. The van der Waals surface area contributed by atoms with Crippen molar-refractivity contribution < 1.29 is 65.9 Å². The van der Waals surface area contributed by atoms with Gasteiger partial charge in [0.15, 0.2) is 0 Å². The molecule has 0 aliphatic rings. The zero-order valence-corrected chi connectivity index (χ0v) is 31.7. The fraction of sp³-hybridized carbons (Fsp3) is 0.109. The third-order valence-corrected chi connectivity index (χ3v) is 10.8. The second-order valence-electron chi connectivity index (χ2n) is 14.7. The van der Waals surface area contributed by atoms with Crippen LogP contribution in [0.3, 0.4) is 0 Å². The Morgan fingerprint density at radius 3 is 1.05 bits per heavy atom. The molecule has 0 radical (unpaired) electrons. The molecule has 0 unspecified atom stereocenters. The number of rotatable bonds is 4. The maximum Gasteiger partial charge on any atom is 0.417 e. The van der Waals surface area contributed by atoms with Gasteiger partial charge in [0.05, 0.1) is 72.6 Å². The number of alkyl halides is 15. The summed E-state index contributed by atoms with van der Waals surface area (Å²) in [5.41, 5.74) is -8.95. The Balaban J connectivity index is 1.48. The van der Waals surface area contributed by atoms with Gasteiger partial charge in [0.25, 0.3) is 0 Å². The van der Waals surface area contributed by atoms with Crippen LogP contribution >= 0.6 is 0 Å². The van der Waals surface area contributed by atoms with Gasteiger partial charge in [-0.05, 0) is 97.1 Å². The molecule has 0 N–H and O–H groups in total. The molecular formula is C46H22F15N3. The van der Waals surface area contributed by atoms with E-state index in [2.05, 4.69) is 4.98 Å². The van der Waals surface area contributed by atoms with E-state index in [1.807, 2.05) is 0 Å². The van der Waals surface area contributed by atoms with E-state index in [-0.39, 0.29) is 39.1 Å². The first kappa shape index (κ1) is 42.3. The average Bonchev–Trinajstić information content (AvgIpc) is 3.73. The van der Waals surface area contributed by atoms with E-state index in [0.717, 1.165) is 39.5 Å². The fourth-order valence-corrected chi connectivity index (χ4v) is 8.01. The average molecular weight is 902 g/mol. The molecule has 18 heteroatoms. The van der Waals surface area contributed by atoms with Crippen LogP contribution in [0.1, 0.15) is 27.8 Å². The summed E-state index contributed by atoms with van der Waals surface area (Å²) in [6.45, 7) is 0. The van der Waals surface area contributed by atoms with Crippen molar-refractivity contribution in [2.24, 2.45) is 0 Å². The molecule has 3 aromatic heterocycles. The highest BCUT2D eigenvalue weighted by molar-refractivity contribution is 6.12. The number of hydrogen-bond acceptors (Lipinski definition) is 1. The van der Waals surface area contributed by atoms with E-state index < -0.39 is 91.5 Å². The van der Waals surface area contributed by atoms with Gasteiger partial charge in [-0.3, -0.25) is 0 Å². The van der Waals surface area contributed by atoms with Crippen LogP contribution in [0.2, 0.25) is 0 Å². The molecule has 0 saturated heterocycles. The molecule has 326 valence electrons. The summed E-state index contributed by atoms with van der Waals surface area (Å²) in [7, 11) is 0. The molecule has 9 rings (SSSR count). The molecule has 0 atom stereocenters. The number of pyridine rings is 1. The van der Waals surface area contributed by atoms with Crippen LogP contribution in [0.15, 0.2) is 133 Å². The maximum atomic E-state index is 15.6. The minimum Gasteiger partial charge on any atom is -0.307 e. The first-order valence-corrected chi connectivity index (χ1v) is 18.6. The molecule has 3 nitrogen and oxygen atoms in total. The van der Waals surface area contributed by atoms with Crippen molar-refractivity contribution in [2.45, 2.75) is 30.9 Å². The van der Waals surface area contributed by atoms with Gasteiger partial charge in [0.2, 0.25) is 0 Å². The number of benzene rings is 6. The van der Waals surface area contributed by atoms with Crippen molar-refractivity contribution in [3.8, 4) is 33.9 Å². The number of halogens is 15. The molecule has 9 aromatic rings. The van der Waals surface area contributed by atoms with Crippen LogP contribution in [0.5, 0.6) is 0 Å². The van der Waals surface area contributed by atoms with Gasteiger partial charge in [-0.15, -0.1) is 0 Å². The van der Waals surface area contributed by atoms with Gasteiger partial charge in [-0.25, -0.2) is 4.98 Å². The van der Waals surface area contributed by atoms with Crippen molar-refractivity contribution >= 4 is 43.6 Å². The van der Waals surface area contributed by atoms with Gasteiger partial charge in [-0.1, -0.05) is 36.4 Å². The van der Waals surface area contributed by atoms with Gasteiger partial charge in [0, 0.05) is 32.7 Å². The Morgan fingerprint density at radius 1 is 0.328 bits per heavy atom. The highest BCUT2D eigenvalue weighted by Gasteiger charge is 2.39.